The highest BCUT2D eigenvalue weighted by molar-refractivity contribution is 5.65. The Hall–Kier alpha value is -2.68. The topological polar surface area (TPSA) is 32.7 Å². The first kappa shape index (κ1) is 12.8. The molecule has 94 valence electrons. The fourth-order valence-corrected chi connectivity index (χ4v) is 1.75. The third kappa shape index (κ3) is 2.77. The SMILES string of the molecule is C=Cc1ccc(N(N=O)c2ccc(C=C)cc2)cc1. The van der Waals surface area contributed by atoms with E-state index >= 15 is 0 Å². The van der Waals surface area contributed by atoms with Crippen LogP contribution in [0.1, 0.15) is 11.1 Å². The van der Waals surface area contributed by atoms with E-state index in [4.69, 9.17) is 0 Å². The summed E-state index contributed by atoms with van der Waals surface area (Å²) in [6, 6.07) is 14.9. The first-order valence-corrected chi connectivity index (χ1v) is 5.87. The average Bonchev–Trinajstić information content (AvgIpc) is 2.49. The number of rotatable bonds is 5. The van der Waals surface area contributed by atoms with E-state index in [1.54, 1.807) is 12.2 Å². The van der Waals surface area contributed by atoms with E-state index in [0.29, 0.717) is 11.4 Å². The van der Waals surface area contributed by atoms with Crippen LogP contribution in [0.3, 0.4) is 0 Å². The summed E-state index contributed by atoms with van der Waals surface area (Å²) >= 11 is 0. The van der Waals surface area contributed by atoms with Crippen molar-refractivity contribution in [1.29, 1.82) is 0 Å². The highest BCUT2D eigenvalue weighted by Gasteiger charge is 2.08. The van der Waals surface area contributed by atoms with Crippen molar-refractivity contribution in [3.05, 3.63) is 77.7 Å². The van der Waals surface area contributed by atoms with Crippen LogP contribution in [0.15, 0.2) is 67.0 Å². The smallest absolute Gasteiger partial charge is 0.0685 e. The molecule has 0 fully saturated rings. The van der Waals surface area contributed by atoms with Crippen LogP contribution in [0, 0.1) is 4.91 Å². The van der Waals surface area contributed by atoms with Crippen LogP contribution in [-0.2, 0) is 0 Å². The van der Waals surface area contributed by atoms with Crippen LogP contribution >= 0.6 is 0 Å². The molecule has 3 heteroatoms. The van der Waals surface area contributed by atoms with Crippen molar-refractivity contribution in [1.82, 2.24) is 0 Å². The molecular formula is C16H14N2O. The molecule has 0 atom stereocenters. The van der Waals surface area contributed by atoms with Gasteiger partial charge in [0.1, 0.15) is 0 Å². The minimum Gasteiger partial charge on any atom is -0.197 e. The number of benzene rings is 2. The normalized spacial score (nSPS) is 9.68. The molecule has 2 rings (SSSR count). The molecule has 0 heterocycles. The second-order valence-corrected chi connectivity index (χ2v) is 3.98. The molecule has 19 heavy (non-hydrogen) atoms. The van der Waals surface area contributed by atoms with Gasteiger partial charge in [-0.25, -0.2) is 0 Å². The highest BCUT2D eigenvalue weighted by Crippen LogP contribution is 2.26. The molecule has 0 aromatic heterocycles. The van der Waals surface area contributed by atoms with Gasteiger partial charge in [-0.2, -0.15) is 5.01 Å². The zero-order valence-electron chi connectivity index (χ0n) is 10.5. The third-order valence-corrected chi connectivity index (χ3v) is 2.83. The summed E-state index contributed by atoms with van der Waals surface area (Å²) in [5, 5.41) is 4.42. The molecule has 2 aromatic carbocycles. The van der Waals surface area contributed by atoms with Gasteiger partial charge in [0.2, 0.25) is 0 Å². The quantitative estimate of drug-likeness (QED) is 0.564. The van der Waals surface area contributed by atoms with Gasteiger partial charge in [-0.3, -0.25) is 0 Å². The van der Waals surface area contributed by atoms with Crippen LogP contribution in [0.25, 0.3) is 12.2 Å². The zero-order chi connectivity index (χ0) is 13.7. The molecule has 0 N–H and O–H groups in total. The number of hydrogen-bond donors (Lipinski definition) is 0. The van der Waals surface area contributed by atoms with Crippen LogP contribution in [-0.4, -0.2) is 0 Å². The number of nitroso groups, excluding NO2 is 1. The van der Waals surface area contributed by atoms with Crippen molar-refractivity contribution in [2.45, 2.75) is 0 Å². The molecule has 0 unspecified atom stereocenters. The Morgan fingerprint density at radius 3 is 1.42 bits per heavy atom. The maximum absolute atomic E-state index is 11.1. The first-order valence-electron chi connectivity index (χ1n) is 5.87. The summed E-state index contributed by atoms with van der Waals surface area (Å²) in [4.78, 5) is 11.1. The Labute approximate surface area is 112 Å². The second kappa shape index (κ2) is 5.78. The lowest BCUT2D eigenvalue weighted by Gasteiger charge is -2.15. The van der Waals surface area contributed by atoms with Gasteiger partial charge in [0.05, 0.1) is 16.7 Å². The minimum atomic E-state index is 0.715. The Morgan fingerprint density at radius 2 is 1.16 bits per heavy atom. The summed E-state index contributed by atoms with van der Waals surface area (Å²) in [6.45, 7) is 7.39. The number of nitrogens with zero attached hydrogens (tertiary/aromatic N) is 2. The van der Waals surface area contributed by atoms with Crippen molar-refractivity contribution in [2.24, 2.45) is 5.29 Å². The monoisotopic (exact) mass is 250 g/mol. The highest BCUT2D eigenvalue weighted by atomic mass is 16.3. The predicted octanol–water partition coefficient (Wildman–Crippen LogP) is 4.79. The molecule has 0 aliphatic rings. The number of anilines is 2. The van der Waals surface area contributed by atoms with Gasteiger partial charge in [0, 0.05) is 0 Å². The van der Waals surface area contributed by atoms with E-state index in [9.17, 15) is 4.91 Å². The van der Waals surface area contributed by atoms with Gasteiger partial charge < -0.3 is 0 Å². The van der Waals surface area contributed by atoms with Crippen LogP contribution < -0.4 is 5.01 Å². The molecule has 0 spiro atoms. The first-order chi connectivity index (χ1) is 9.28. The maximum Gasteiger partial charge on any atom is 0.0685 e. The van der Waals surface area contributed by atoms with E-state index in [2.05, 4.69) is 18.4 Å². The molecule has 0 aliphatic carbocycles. The lowest BCUT2D eigenvalue weighted by atomic mass is 10.1. The van der Waals surface area contributed by atoms with E-state index in [-0.39, 0.29) is 0 Å². The summed E-state index contributed by atoms with van der Waals surface area (Å²) in [5.74, 6) is 0. The minimum absolute atomic E-state index is 0.715. The summed E-state index contributed by atoms with van der Waals surface area (Å²) in [6.07, 6.45) is 3.50. The van der Waals surface area contributed by atoms with E-state index < -0.39 is 0 Å². The fraction of sp³-hybridized carbons (Fsp3) is 0. The van der Waals surface area contributed by atoms with Crippen molar-refractivity contribution < 1.29 is 0 Å². The fourth-order valence-electron chi connectivity index (χ4n) is 1.75. The number of hydrogen-bond acceptors (Lipinski definition) is 2. The van der Waals surface area contributed by atoms with Crippen LogP contribution in [0.4, 0.5) is 11.4 Å². The Bertz CT molecular complexity index is 534. The van der Waals surface area contributed by atoms with E-state index in [1.807, 2.05) is 48.5 Å². The van der Waals surface area contributed by atoms with E-state index in [0.717, 1.165) is 11.1 Å². The lowest BCUT2D eigenvalue weighted by Crippen LogP contribution is -2.07. The molecule has 0 bridgehead atoms. The Morgan fingerprint density at radius 1 is 0.789 bits per heavy atom. The maximum atomic E-state index is 11.1. The van der Waals surface area contributed by atoms with Gasteiger partial charge in [-0.05, 0) is 35.4 Å². The molecular weight excluding hydrogens is 236 g/mol. The van der Waals surface area contributed by atoms with Gasteiger partial charge in [0.25, 0.3) is 0 Å². The van der Waals surface area contributed by atoms with Crippen LogP contribution in [0.2, 0.25) is 0 Å². The zero-order valence-corrected chi connectivity index (χ0v) is 10.5. The summed E-state index contributed by atoms with van der Waals surface area (Å²) < 4.78 is 0. The summed E-state index contributed by atoms with van der Waals surface area (Å²) in [7, 11) is 0. The van der Waals surface area contributed by atoms with Gasteiger partial charge in [-0.1, -0.05) is 49.6 Å². The molecule has 2 aromatic rings. The third-order valence-electron chi connectivity index (χ3n) is 2.83. The van der Waals surface area contributed by atoms with Crippen molar-refractivity contribution in [3.8, 4) is 0 Å². The Kier molecular flexibility index (Phi) is 3.88. The molecule has 0 amide bonds. The summed E-state index contributed by atoms with van der Waals surface area (Å²) in [5.41, 5.74) is 3.42. The average molecular weight is 250 g/mol. The molecule has 0 radical (unpaired) electrons. The standard InChI is InChI=1S/C16H14N2O/c1-3-13-5-9-15(10-6-13)18(17-19)16-11-7-14(4-2)8-12-16/h3-12H,1-2H2. The van der Waals surface area contributed by atoms with E-state index in [1.165, 1.54) is 5.01 Å². The van der Waals surface area contributed by atoms with Crippen molar-refractivity contribution in [2.75, 3.05) is 5.01 Å². The molecule has 0 aliphatic heterocycles. The molecule has 0 saturated carbocycles. The molecule has 3 nitrogen and oxygen atoms in total. The largest absolute Gasteiger partial charge is 0.197 e. The Balaban J connectivity index is 2.34. The molecule has 0 saturated heterocycles. The van der Waals surface area contributed by atoms with Crippen LogP contribution in [0.5, 0.6) is 0 Å². The lowest BCUT2D eigenvalue weighted by molar-refractivity contribution is 1.07. The second-order valence-electron chi connectivity index (χ2n) is 3.98. The van der Waals surface area contributed by atoms with Gasteiger partial charge in [-0.15, -0.1) is 4.91 Å². The van der Waals surface area contributed by atoms with Crippen molar-refractivity contribution in [3.63, 3.8) is 0 Å². The predicted molar refractivity (Wildman–Crippen MR) is 81.0 cm³/mol. The van der Waals surface area contributed by atoms with Gasteiger partial charge >= 0.3 is 0 Å². The van der Waals surface area contributed by atoms with Crippen molar-refractivity contribution >= 4 is 23.5 Å². The van der Waals surface area contributed by atoms with Gasteiger partial charge in [0.15, 0.2) is 0 Å².